The number of alkyl halides is 3. The minimum absolute atomic E-state index is 0.133. The molecule has 0 amide bonds. The van der Waals surface area contributed by atoms with Crippen LogP contribution in [0.4, 0.5) is 24.5 Å². The van der Waals surface area contributed by atoms with Crippen LogP contribution in [-0.2, 0) is 18.3 Å². The third kappa shape index (κ3) is 2.65. The van der Waals surface area contributed by atoms with Crippen molar-refractivity contribution in [1.29, 1.82) is 0 Å². The van der Waals surface area contributed by atoms with Crippen molar-refractivity contribution in [3.05, 3.63) is 94.5 Å². The number of rotatable bonds is 3. The van der Waals surface area contributed by atoms with Crippen molar-refractivity contribution in [2.45, 2.75) is 24.4 Å². The molecular formula is C22H19F3N2. The van der Waals surface area contributed by atoms with E-state index in [0.29, 0.717) is 11.4 Å². The zero-order valence-electron chi connectivity index (χ0n) is 14.6. The fraction of sp³-hybridized carbons (Fsp3) is 0.182. The maximum Gasteiger partial charge on any atom is 0.406 e. The monoisotopic (exact) mass is 368 g/mol. The van der Waals surface area contributed by atoms with E-state index in [0.717, 1.165) is 24.0 Å². The lowest BCUT2D eigenvalue weighted by Crippen LogP contribution is -2.44. The molecule has 4 rings (SSSR count). The van der Waals surface area contributed by atoms with Crippen LogP contribution < -0.4 is 11.5 Å². The van der Waals surface area contributed by atoms with Gasteiger partial charge in [0.1, 0.15) is 5.41 Å². The first-order valence-corrected chi connectivity index (χ1v) is 8.73. The molecule has 0 spiro atoms. The Hall–Kier alpha value is -2.95. The Morgan fingerprint density at radius 3 is 1.41 bits per heavy atom. The standard InChI is InChI=1S/C22H19F3N2/c23-22(24,25)21(16-5-9-19(26)10-6-16,17-7-11-20(27)12-8-17)18-4-3-14-1-2-15(14)13-18/h3-13H,1-2,26-27H2. The molecular weight excluding hydrogens is 349 g/mol. The molecule has 0 unspecified atom stereocenters. The first-order chi connectivity index (χ1) is 12.8. The largest absolute Gasteiger partial charge is 0.406 e. The van der Waals surface area contributed by atoms with Gasteiger partial charge in [0.15, 0.2) is 0 Å². The van der Waals surface area contributed by atoms with E-state index < -0.39 is 11.6 Å². The quantitative estimate of drug-likeness (QED) is 0.513. The van der Waals surface area contributed by atoms with Crippen LogP contribution in [0.2, 0.25) is 0 Å². The lowest BCUT2D eigenvalue weighted by molar-refractivity contribution is -0.166. The fourth-order valence-electron chi connectivity index (χ4n) is 3.89. The zero-order valence-corrected chi connectivity index (χ0v) is 14.6. The van der Waals surface area contributed by atoms with Crippen LogP contribution in [0.5, 0.6) is 0 Å². The van der Waals surface area contributed by atoms with Crippen molar-refractivity contribution in [2.24, 2.45) is 0 Å². The number of halogens is 3. The molecule has 4 N–H and O–H groups in total. The van der Waals surface area contributed by atoms with Gasteiger partial charge in [-0.25, -0.2) is 0 Å². The van der Waals surface area contributed by atoms with Crippen molar-refractivity contribution >= 4 is 11.4 Å². The normalized spacial score (nSPS) is 13.7. The van der Waals surface area contributed by atoms with Crippen molar-refractivity contribution in [3.8, 4) is 0 Å². The molecule has 0 aliphatic heterocycles. The molecule has 2 nitrogen and oxygen atoms in total. The molecule has 27 heavy (non-hydrogen) atoms. The maximum absolute atomic E-state index is 14.8. The predicted octanol–water partition coefficient (Wildman–Crippen LogP) is 4.85. The topological polar surface area (TPSA) is 52.0 Å². The Morgan fingerprint density at radius 2 is 1.04 bits per heavy atom. The first kappa shape index (κ1) is 17.5. The van der Waals surface area contributed by atoms with Crippen LogP contribution in [0.15, 0.2) is 66.7 Å². The van der Waals surface area contributed by atoms with Gasteiger partial charge < -0.3 is 11.5 Å². The van der Waals surface area contributed by atoms with Gasteiger partial charge in [-0.1, -0.05) is 42.5 Å². The number of aryl methyl sites for hydroxylation is 2. The highest BCUT2D eigenvalue weighted by atomic mass is 19.4. The van der Waals surface area contributed by atoms with Gasteiger partial charge >= 0.3 is 6.18 Å². The summed E-state index contributed by atoms with van der Waals surface area (Å²) in [6.07, 6.45) is -2.84. The van der Waals surface area contributed by atoms with Crippen LogP contribution >= 0.6 is 0 Å². The molecule has 0 bridgehead atoms. The second kappa shape index (κ2) is 6.05. The highest BCUT2D eigenvalue weighted by molar-refractivity contribution is 5.58. The summed E-state index contributed by atoms with van der Waals surface area (Å²) in [6, 6.07) is 17.0. The second-order valence-electron chi connectivity index (χ2n) is 6.98. The summed E-state index contributed by atoms with van der Waals surface area (Å²) in [5.41, 5.74) is 12.6. The van der Waals surface area contributed by atoms with E-state index in [1.165, 1.54) is 48.5 Å². The summed E-state index contributed by atoms with van der Waals surface area (Å²) in [7, 11) is 0. The van der Waals surface area contributed by atoms with Gasteiger partial charge in [0.05, 0.1) is 0 Å². The van der Waals surface area contributed by atoms with E-state index in [-0.39, 0.29) is 16.7 Å². The number of fused-ring (bicyclic) bond motifs is 1. The average molecular weight is 368 g/mol. The smallest absolute Gasteiger partial charge is 0.399 e. The molecule has 5 heteroatoms. The third-order valence-electron chi connectivity index (χ3n) is 5.42. The molecule has 3 aromatic carbocycles. The van der Waals surface area contributed by atoms with Crippen LogP contribution in [0.25, 0.3) is 0 Å². The number of anilines is 2. The molecule has 0 radical (unpaired) electrons. The molecule has 1 aliphatic carbocycles. The Kier molecular flexibility index (Phi) is 3.91. The van der Waals surface area contributed by atoms with Crippen molar-refractivity contribution in [3.63, 3.8) is 0 Å². The number of hydrogen-bond acceptors (Lipinski definition) is 2. The van der Waals surface area contributed by atoms with Gasteiger partial charge in [0.25, 0.3) is 0 Å². The number of nitrogens with two attached hydrogens (primary N) is 2. The van der Waals surface area contributed by atoms with Gasteiger partial charge in [-0.15, -0.1) is 0 Å². The lowest BCUT2D eigenvalue weighted by Gasteiger charge is -2.38. The van der Waals surface area contributed by atoms with Gasteiger partial charge in [-0.3, -0.25) is 0 Å². The van der Waals surface area contributed by atoms with Gasteiger partial charge in [-0.2, -0.15) is 13.2 Å². The van der Waals surface area contributed by atoms with E-state index in [4.69, 9.17) is 11.5 Å². The molecule has 0 atom stereocenters. The van der Waals surface area contributed by atoms with Crippen LogP contribution in [0.1, 0.15) is 27.8 Å². The van der Waals surface area contributed by atoms with Crippen molar-refractivity contribution in [2.75, 3.05) is 11.5 Å². The third-order valence-corrected chi connectivity index (χ3v) is 5.42. The molecule has 138 valence electrons. The molecule has 0 saturated heterocycles. The molecule has 0 saturated carbocycles. The van der Waals surface area contributed by atoms with E-state index in [9.17, 15) is 13.2 Å². The summed E-state index contributed by atoms with van der Waals surface area (Å²) in [6.45, 7) is 0. The van der Waals surface area contributed by atoms with E-state index in [1.807, 2.05) is 6.07 Å². The van der Waals surface area contributed by atoms with E-state index in [1.54, 1.807) is 12.1 Å². The summed E-state index contributed by atoms with van der Waals surface area (Å²) >= 11 is 0. The summed E-state index contributed by atoms with van der Waals surface area (Å²) in [5, 5.41) is 0. The Morgan fingerprint density at radius 1 is 0.593 bits per heavy atom. The molecule has 0 heterocycles. The molecule has 0 aromatic heterocycles. The molecule has 3 aromatic rings. The van der Waals surface area contributed by atoms with Crippen molar-refractivity contribution in [1.82, 2.24) is 0 Å². The minimum atomic E-state index is -4.56. The first-order valence-electron chi connectivity index (χ1n) is 8.73. The SMILES string of the molecule is Nc1ccc(C(c2ccc(N)cc2)(c2ccc3c(c2)CC3)C(F)(F)F)cc1. The van der Waals surface area contributed by atoms with E-state index in [2.05, 4.69) is 0 Å². The number of nitrogen functional groups attached to an aromatic ring is 2. The maximum atomic E-state index is 14.8. The second-order valence-corrected chi connectivity index (χ2v) is 6.98. The Balaban J connectivity index is 2.06. The summed E-state index contributed by atoms with van der Waals surface area (Å²) < 4.78 is 44.5. The lowest BCUT2D eigenvalue weighted by atomic mass is 9.67. The summed E-state index contributed by atoms with van der Waals surface area (Å²) in [5.74, 6) is 0. The minimum Gasteiger partial charge on any atom is -0.399 e. The molecule has 0 fully saturated rings. The van der Waals surface area contributed by atoms with Crippen LogP contribution in [-0.4, -0.2) is 6.18 Å². The number of benzene rings is 3. The highest BCUT2D eigenvalue weighted by Gasteiger charge is 2.58. The average Bonchev–Trinajstić information content (AvgIpc) is 2.59. The van der Waals surface area contributed by atoms with Crippen LogP contribution in [0.3, 0.4) is 0 Å². The predicted molar refractivity (Wildman–Crippen MR) is 101 cm³/mol. The van der Waals surface area contributed by atoms with Gasteiger partial charge in [-0.05, 0) is 64.9 Å². The van der Waals surface area contributed by atoms with Crippen molar-refractivity contribution < 1.29 is 13.2 Å². The fourth-order valence-corrected chi connectivity index (χ4v) is 3.89. The Bertz CT molecular complexity index is 928. The van der Waals surface area contributed by atoms with Gasteiger partial charge in [0.2, 0.25) is 0 Å². The number of hydrogen-bond donors (Lipinski definition) is 2. The molecule has 1 aliphatic rings. The van der Waals surface area contributed by atoms with Crippen LogP contribution in [0, 0.1) is 0 Å². The van der Waals surface area contributed by atoms with Gasteiger partial charge in [0, 0.05) is 11.4 Å². The Labute approximate surface area is 155 Å². The summed E-state index contributed by atoms with van der Waals surface area (Å²) in [4.78, 5) is 0. The zero-order chi connectivity index (χ0) is 19.2. The van der Waals surface area contributed by atoms with E-state index >= 15 is 0 Å². The highest BCUT2D eigenvalue weighted by Crippen LogP contribution is 2.52.